The molecule has 2 aromatic carbocycles. The van der Waals surface area contributed by atoms with Crippen LogP contribution < -0.4 is 20.5 Å². The second-order valence-electron chi connectivity index (χ2n) is 10.9. The molecule has 1 saturated carbocycles. The zero-order valence-electron chi connectivity index (χ0n) is 19.4. The van der Waals surface area contributed by atoms with Gasteiger partial charge >= 0.3 is 0 Å². The summed E-state index contributed by atoms with van der Waals surface area (Å²) in [6, 6.07) is 15.3. The van der Waals surface area contributed by atoms with Crippen molar-refractivity contribution in [2.24, 2.45) is 5.92 Å². The van der Waals surface area contributed by atoms with Gasteiger partial charge in [0.1, 0.15) is 17.0 Å². The number of nitrogens with one attached hydrogen (secondary N) is 2. The largest absolute Gasteiger partial charge is 0.486 e. The highest BCUT2D eigenvalue weighted by atomic mass is 16.5. The number of ether oxygens (including phenoxy) is 2. The van der Waals surface area contributed by atoms with E-state index in [4.69, 9.17) is 9.47 Å². The molecule has 0 saturated heterocycles. The summed E-state index contributed by atoms with van der Waals surface area (Å²) >= 11 is 0. The first kappa shape index (κ1) is 19.9. The first-order chi connectivity index (χ1) is 16.3. The summed E-state index contributed by atoms with van der Waals surface area (Å²) in [5, 5.41) is 1.58. The quantitative estimate of drug-likeness (QED) is 0.393. The molecule has 1 aliphatic carbocycles. The fraction of sp³-hybridized carbons (Fsp3) is 0.357. The monoisotopic (exact) mass is 454 g/mol. The van der Waals surface area contributed by atoms with Gasteiger partial charge < -0.3 is 19.4 Å². The molecule has 0 amide bonds. The zero-order chi connectivity index (χ0) is 23.4. The SMILES string of the molecule is CC12CC(c3c(c4ccccc4[nH]c3=O)O1)C1C(C2)c2c([nH]c3ccccc3c2=O)OC1(C)C. The molecule has 2 aromatic heterocycles. The lowest BCUT2D eigenvalue weighted by Crippen LogP contribution is -2.58. The lowest BCUT2D eigenvalue weighted by Gasteiger charge is -2.56. The smallest absolute Gasteiger partial charge is 0.255 e. The van der Waals surface area contributed by atoms with Crippen molar-refractivity contribution in [1.82, 2.24) is 9.97 Å². The Labute approximate surface area is 195 Å². The maximum absolute atomic E-state index is 13.7. The molecule has 2 N–H and O–H groups in total. The predicted octanol–water partition coefficient (Wildman–Crippen LogP) is 4.97. The Morgan fingerprint density at radius 2 is 1.41 bits per heavy atom. The third-order valence-corrected chi connectivity index (χ3v) is 8.25. The number of rotatable bonds is 0. The summed E-state index contributed by atoms with van der Waals surface area (Å²) in [6.45, 7) is 6.27. The van der Waals surface area contributed by atoms with Crippen LogP contribution in [0.4, 0.5) is 0 Å². The van der Waals surface area contributed by atoms with Crippen molar-refractivity contribution >= 4 is 21.8 Å². The fourth-order valence-electron chi connectivity index (χ4n) is 7.06. The van der Waals surface area contributed by atoms with Gasteiger partial charge in [-0.25, -0.2) is 0 Å². The van der Waals surface area contributed by atoms with Gasteiger partial charge in [-0.15, -0.1) is 0 Å². The van der Waals surface area contributed by atoms with Crippen molar-refractivity contribution in [3.05, 3.63) is 80.2 Å². The Balaban J connectivity index is 1.51. The minimum atomic E-state index is -0.582. The molecule has 6 heteroatoms. The van der Waals surface area contributed by atoms with E-state index in [-0.39, 0.29) is 28.7 Å². The average Bonchev–Trinajstić information content (AvgIpc) is 2.77. The molecular weight excluding hydrogens is 428 g/mol. The number of H-pyrrole nitrogens is 2. The molecule has 0 spiro atoms. The summed E-state index contributed by atoms with van der Waals surface area (Å²) in [5.74, 6) is 1.02. The van der Waals surface area contributed by atoms with Crippen LogP contribution in [0.5, 0.6) is 11.6 Å². The standard InChI is InChI=1S/C28H26N2O4/c1-27(2)22-16(20-23(31)14-8-4-6-10-18(14)30-26(20)34-27)12-28(3)13-17(22)21-24(33-28)15-9-5-7-11-19(15)29-25(21)32/h4-11,16-17,22H,12-13H2,1-3H3,(H,29,32)(H,30,31). The van der Waals surface area contributed by atoms with Crippen molar-refractivity contribution in [3.63, 3.8) is 0 Å². The summed E-state index contributed by atoms with van der Waals surface area (Å²) in [5.41, 5.74) is 1.74. The third kappa shape index (κ3) is 2.51. The number of aromatic amines is 2. The number of pyridine rings is 2. The molecule has 34 heavy (non-hydrogen) atoms. The van der Waals surface area contributed by atoms with E-state index in [2.05, 4.69) is 30.7 Å². The summed E-state index contributed by atoms with van der Waals surface area (Å²) in [4.78, 5) is 33.6. The lowest BCUT2D eigenvalue weighted by molar-refractivity contribution is -0.0819. The second kappa shape index (κ2) is 6.32. The van der Waals surface area contributed by atoms with Gasteiger partial charge in [0.05, 0.1) is 22.2 Å². The number of benzene rings is 2. The Hall–Kier alpha value is -3.54. The Bertz CT molecular complexity index is 1620. The average molecular weight is 455 g/mol. The van der Waals surface area contributed by atoms with E-state index < -0.39 is 11.2 Å². The van der Waals surface area contributed by atoms with Crippen LogP contribution in [0.25, 0.3) is 21.8 Å². The second-order valence-corrected chi connectivity index (χ2v) is 10.9. The van der Waals surface area contributed by atoms with Crippen molar-refractivity contribution in [2.75, 3.05) is 0 Å². The summed E-state index contributed by atoms with van der Waals surface area (Å²) in [6.07, 6.45) is 1.41. The first-order valence-corrected chi connectivity index (χ1v) is 11.9. The van der Waals surface area contributed by atoms with Crippen LogP contribution >= 0.6 is 0 Å². The van der Waals surface area contributed by atoms with Gasteiger partial charge in [-0.2, -0.15) is 0 Å². The summed E-state index contributed by atoms with van der Waals surface area (Å²) in [7, 11) is 0. The Morgan fingerprint density at radius 1 is 0.794 bits per heavy atom. The molecule has 4 atom stereocenters. The topological polar surface area (TPSA) is 84.2 Å². The predicted molar refractivity (Wildman–Crippen MR) is 131 cm³/mol. The van der Waals surface area contributed by atoms with Gasteiger partial charge in [0.25, 0.3) is 5.56 Å². The van der Waals surface area contributed by atoms with E-state index in [0.29, 0.717) is 34.6 Å². The maximum Gasteiger partial charge on any atom is 0.255 e. The molecule has 4 aromatic rings. The zero-order valence-corrected chi connectivity index (χ0v) is 19.4. The highest BCUT2D eigenvalue weighted by Gasteiger charge is 2.59. The van der Waals surface area contributed by atoms with Crippen LogP contribution in [0.2, 0.25) is 0 Å². The molecule has 172 valence electrons. The summed E-state index contributed by atoms with van der Waals surface area (Å²) < 4.78 is 13.2. The van der Waals surface area contributed by atoms with E-state index in [1.54, 1.807) is 0 Å². The molecule has 7 rings (SSSR count). The number of aromatic nitrogens is 2. The first-order valence-electron chi connectivity index (χ1n) is 11.9. The van der Waals surface area contributed by atoms with Crippen molar-refractivity contribution < 1.29 is 9.47 Å². The van der Waals surface area contributed by atoms with E-state index in [1.807, 2.05) is 48.5 Å². The highest BCUT2D eigenvalue weighted by Crippen LogP contribution is 2.61. The highest BCUT2D eigenvalue weighted by molar-refractivity contribution is 5.87. The van der Waals surface area contributed by atoms with Crippen molar-refractivity contribution in [2.45, 2.75) is 56.7 Å². The molecule has 4 heterocycles. The van der Waals surface area contributed by atoms with Gasteiger partial charge in [0.2, 0.25) is 0 Å². The minimum Gasteiger partial charge on any atom is -0.486 e. The molecule has 3 aliphatic rings. The minimum absolute atomic E-state index is 0.00562. The number of para-hydroxylation sites is 2. The van der Waals surface area contributed by atoms with Gasteiger partial charge in [-0.1, -0.05) is 24.3 Å². The van der Waals surface area contributed by atoms with E-state index in [9.17, 15) is 9.59 Å². The van der Waals surface area contributed by atoms with Gasteiger partial charge in [-0.3, -0.25) is 9.59 Å². The van der Waals surface area contributed by atoms with E-state index in [1.165, 1.54) is 0 Å². The van der Waals surface area contributed by atoms with Crippen LogP contribution in [0.3, 0.4) is 0 Å². The third-order valence-electron chi connectivity index (χ3n) is 8.25. The van der Waals surface area contributed by atoms with Crippen molar-refractivity contribution in [1.29, 1.82) is 0 Å². The van der Waals surface area contributed by atoms with Crippen molar-refractivity contribution in [3.8, 4) is 11.6 Å². The van der Waals surface area contributed by atoms with Crippen LogP contribution in [-0.2, 0) is 0 Å². The van der Waals surface area contributed by atoms with Gasteiger partial charge in [0, 0.05) is 28.5 Å². The Morgan fingerprint density at radius 3 is 2.15 bits per heavy atom. The number of fused-ring (bicyclic) bond motifs is 11. The Kier molecular flexibility index (Phi) is 3.69. The fourth-order valence-corrected chi connectivity index (χ4v) is 7.06. The van der Waals surface area contributed by atoms with Gasteiger partial charge in [0.15, 0.2) is 11.3 Å². The molecule has 6 nitrogen and oxygen atoms in total. The normalized spacial score (nSPS) is 28.4. The molecule has 0 radical (unpaired) electrons. The molecule has 2 bridgehead atoms. The molecular formula is C28H26N2O4. The van der Waals surface area contributed by atoms with Gasteiger partial charge in [-0.05, 0) is 57.9 Å². The molecule has 4 unspecified atom stereocenters. The van der Waals surface area contributed by atoms with E-state index in [0.717, 1.165) is 22.8 Å². The molecule has 1 fully saturated rings. The van der Waals surface area contributed by atoms with Crippen LogP contribution in [0, 0.1) is 5.92 Å². The molecule has 2 aliphatic heterocycles. The number of hydrogen-bond acceptors (Lipinski definition) is 4. The van der Waals surface area contributed by atoms with E-state index >= 15 is 0 Å². The number of hydrogen-bond donors (Lipinski definition) is 2. The maximum atomic E-state index is 13.7. The van der Waals surface area contributed by atoms with Crippen LogP contribution in [0.1, 0.15) is 56.6 Å². The van der Waals surface area contributed by atoms with Crippen LogP contribution in [0.15, 0.2) is 58.1 Å². The van der Waals surface area contributed by atoms with Crippen LogP contribution in [-0.4, -0.2) is 21.2 Å². The lowest BCUT2D eigenvalue weighted by atomic mass is 9.56.